The average molecular weight is 621 g/mol. The topological polar surface area (TPSA) is 106 Å². The first-order valence-electron chi connectivity index (χ1n) is 13.2. The van der Waals surface area contributed by atoms with Crippen molar-refractivity contribution < 1.29 is 18.3 Å². The predicted octanol–water partition coefficient (Wildman–Crippen LogP) is 6.89. The molecule has 43 heavy (non-hydrogen) atoms. The van der Waals surface area contributed by atoms with E-state index < -0.39 is 23.0 Å². The Morgan fingerprint density at radius 2 is 1.81 bits per heavy atom. The van der Waals surface area contributed by atoms with Crippen molar-refractivity contribution in [2.75, 3.05) is 38.3 Å². The number of nitrogen functional groups attached to an aromatic ring is 1. The zero-order chi connectivity index (χ0) is 30.5. The van der Waals surface area contributed by atoms with Crippen molar-refractivity contribution in [2.45, 2.75) is 6.42 Å². The maximum atomic E-state index is 14.2. The van der Waals surface area contributed by atoms with E-state index in [0.717, 1.165) is 18.7 Å². The number of aromatic nitrogens is 3. The number of carbonyl (C=O) groups excluding carboxylic acids is 1. The van der Waals surface area contributed by atoms with Gasteiger partial charge in [0.25, 0.3) is 0 Å². The molecule has 3 N–H and O–H groups in total. The van der Waals surface area contributed by atoms with Crippen LogP contribution in [0.15, 0.2) is 72.9 Å². The fourth-order valence-corrected chi connectivity index (χ4v) is 5.34. The molecule has 12 heteroatoms. The maximum absolute atomic E-state index is 14.2. The second-order valence-electron chi connectivity index (χ2n) is 9.81. The molecule has 0 fully saturated rings. The van der Waals surface area contributed by atoms with Gasteiger partial charge in [-0.15, -0.1) is 0 Å². The lowest BCUT2D eigenvalue weighted by Crippen LogP contribution is -2.19. The number of benzene rings is 3. The third-order valence-corrected chi connectivity index (χ3v) is 7.53. The van der Waals surface area contributed by atoms with Gasteiger partial charge >= 0.3 is 0 Å². The Morgan fingerprint density at radius 3 is 2.56 bits per heavy atom. The van der Waals surface area contributed by atoms with E-state index in [2.05, 4.69) is 20.3 Å². The molecule has 3 aromatic carbocycles. The van der Waals surface area contributed by atoms with Crippen molar-refractivity contribution in [3.05, 3.63) is 101 Å². The van der Waals surface area contributed by atoms with Gasteiger partial charge in [0.1, 0.15) is 24.0 Å². The number of thiazole rings is 1. The number of nitrogens with one attached hydrogen (secondary N) is 1. The highest BCUT2D eigenvalue weighted by Gasteiger charge is 2.20. The number of carbonyl (C=O) groups is 1. The average Bonchev–Trinajstić information content (AvgIpc) is 3.36. The normalized spacial score (nSPS) is 11.1. The molecule has 5 aromatic rings. The van der Waals surface area contributed by atoms with Crippen molar-refractivity contribution in [3.63, 3.8) is 0 Å². The predicted molar refractivity (Wildman–Crippen MR) is 166 cm³/mol. The molecule has 0 amide bonds. The lowest BCUT2D eigenvalue weighted by Gasteiger charge is -2.13. The summed E-state index contributed by atoms with van der Waals surface area (Å²) in [5.74, 6) is -1.54. The minimum Gasteiger partial charge on any atom is -0.491 e. The molecular weight excluding hydrogens is 594 g/mol. The first-order valence-corrected chi connectivity index (χ1v) is 14.4. The molecule has 0 saturated carbocycles. The standard InChI is InChI=1S/C31H27ClF2N6O2S/c1-40(2)13-14-42-26-10-9-20(17-21(26)32)37-31-36-12-11-24(38-31)29-28(39-30(35)43-29)19-6-3-5-18(15-19)16-25(41)27-22(33)7-4-8-23(27)34/h3-12,15,17H,13-14,16H2,1-2H3,(H2,35,39)(H,36,37,38). The van der Waals surface area contributed by atoms with Crippen molar-refractivity contribution in [3.8, 4) is 27.6 Å². The summed E-state index contributed by atoms with van der Waals surface area (Å²) >= 11 is 7.68. The highest BCUT2D eigenvalue weighted by atomic mass is 35.5. The first kappa shape index (κ1) is 30.0. The Balaban J connectivity index is 1.36. The number of likely N-dealkylation sites (N-methyl/N-ethyl adjacent to an activating group) is 1. The minimum absolute atomic E-state index is 0.190. The maximum Gasteiger partial charge on any atom is 0.227 e. The number of anilines is 3. The molecule has 0 aliphatic carbocycles. The van der Waals surface area contributed by atoms with Gasteiger partial charge in [0.2, 0.25) is 5.95 Å². The summed E-state index contributed by atoms with van der Waals surface area (Å²) < 4.78 is 34.1. The SMILES string of the molecule is CN(C)CCOc1ccc(Nc2nccc(-c3sc(N)nc3-c3cccc(CC(=O)c4c(F)cccc4F)c3)n2)cc1Cl. The molecule has 8 nitrogen and oxygen atoms in total. The van der Waals surface area contributed by atoms with Crippen molar-refractivity contribution in [1.82, 2.24) is 19.9 Å². The summed E-state index contributed by atoms with van der Waals surface area (Å²) in [4.78, 5) is 29.0. The van der Waals surface area contributed by atoms with Crippen LogP contribution in [0.25, 0.3) is 21.8 Å². The van der Waals surface area contributed by atoms with Crippen molar-refractivity contribution in [2.24, 2.45) is 0 Å². The molecule has 2 heterocycles. The monoisotopic (exact) mass is 620 g/mol. The first-order chi connectivity index (χ1) is 20.7. The Labute approximate surface area is 256 Å². The number of ketones is 1. The van der Waals surface area contributed by atoms with Crippen LogP contribution in [-0.4, -0.2) is 52.9 Å². The Bertz CT molecular complexity index is 1760. The van der Waals surface area contributed by atoms with E-state index in [-0.39, 0.29) is 6.42 Å². The van der Waals surface area contributed by atoms with Gasteiger partial charge in [0, 0.05) is 30.4 Å². The number of halogens is 3. The van der Waals surface area contributed by atoms with Crippen LogP contribution in [0.1, 0.15) is 15.9 Å². The Morgan fingerprint density at radius 1 is 1.05 bits per heavy atom. The summed E-state index contributed by atoms with van der Waals surface area (Å²) in [7, 11) is 3.93. The van der Waals surface area contributed by atoms with E-state index in [1.54, 1.807) is 42.6 Å². The van der Waals surface area contributed by atoms with Crippen molar-refractivity contribution in [1.29, 1.82) is 0 Å². The molecule has 0 saturated heterocycles. The van der Waals surface area contributed by atoms with Crippen LogP contribution in [0.5, 0.6) is 5.75 Å². The molecule has 0 bridgehead atoms. The second kappa shape index (κ2) is 13.2. The molecule has 0 aliphatic rings. The summed E-state index contributed by atoms with van der Waals surface area (Å²) in [5, 5.41) is 3.94. The van der Waals surface area contributed by atoms with Crippen LogP contribution < -0.4 is 15.8 Å². The minimum atomic E-state index is -0.893. The zero-order valence-corrected chi connectivity index (χ0v) is 24.8. The van der Waals surface area contributed by atoms with Gasteiger partial charge in [-0.25, -0.2) is 23.7 Å². The van der Waals surface area contributed by atoms with Gasteiger partial charge < -0.3 is 20.7 Å². The highest BCUT2D eigenvalue weighted by Crippen LogP contribution is 2.38. The molecular formula is C31H27ClF2N6O2S. The number of hydrogen-bond donors (Lipinski definition) is 2. The molecule has 5 rings (SSSR count). The molecule has 0 unspecified atom stereocenters. The summed E-state index contributed by atoms with van der Waals surface area (Å²) in [5.41, 5.74) is 8.60. The lowest BCUT2D eigenvalue weighted by molar-refractivity contribution is 0.0985. The van der Waals surface area contributed by atoms with Gasteiger partial charge in [-0.3, -0.25) is 4.79 Å². The number of rotatable bonds is 11. The fraction of sp³-hybridized carbons (Fsp3) is 0.161. The summed E-state index contributed by atoms with van der Waals surface area (Å²) in [6.07, 6.45) is 1.42. The van der Waals surface area contributed by atoms with Crippen LogP contribution in [0.3, 0.4) is 0 Å². The number of nitrogens with two attached hydrogens (primary N) is 1. The third kappa shape index (κ3) is 7.31. The quantitative estimate of drug-likeness (QED) is 0.154. The number of Topliss-reactive ketones (excluding diaryl/α,β-unsaturated/α-hetero) is 1. The smallest absolute Gasteiger partial charge is 0.227 e. The Hall–Kier alpha value is -4.45. The molecule has 0 radical (unpaired) electrons. The van der Waals surface area contributed by atoms with E-state index >= 15 is 0 Å². The fourth-order valence-electron chi connectivity index (χ4n) is 4.28. The van der Waals surface area contributed by atoms with Crippen LogP contribution in [0.2, 0.25) is 5.02 Å². The van der Waals surface area contributed by atoms with Crippen LogP contribution in [-0.2, 0) is 6.42 Å². The number of ether oxygens (including phenoxy) is 1. The molecule has 220 valence electrons. The van der Waals surface area contributed by atoms with Gasteiger partial charge in [0.15, 0.2) is 10.9 Å². The second-order valence-corrected chi connectivity index (χ2v) is 11.3. The van der Waals surface area contributed by atoms with E-state index in [0.29, 0.717) is 61.5 Å². The van der Waals surface area contributed by atoms with E-state index in [1.807, 2.05) is 31.1 Å². The van der Waals surface area contributed by atoms with Gasteiger partial charge in [0.05, 0.1) is 26.9 Å². The van der Waals surface area contributed by atoms with Crippen molar-refractivity contribution >= 4 is 45.5 Å². The summed E-state index contributed by atoms with van der Waals surface area (Å²) in [6, 6.07) is 17.5. The van der Waals surface area contributed by atoms with Crippen LogP contribution >= 0.6 is 22.9 Å². The van der Waals surface area contributed by atoms with E-state index in [4.69, 9.17) is 22.1 Å². The van der Waals surface area contributed by atoms with E-state index in [9.17, 15) is 13.6 Å². The summed E-state index contributed by atoms with van der Waals surface area (Å²) in [6.45, 7) is 1.27. The van der Waals surface area contributed by atoms with Gasteiger partial charge in [-0.05, 0) is 62.1 Å². The highest BCUT2D eigenvalue weighted by molar-refractivity contribution is 7.19. The van der Waals surface area contributed by atoms with Crippen LogP contribution in [0.4, 0.5) is 25.5 Å². The molecule has 0 spiro atoms. The lowest BCUT2D eigenvalue weighted by atomic mass is 9.99. The largest absolute Gasteiger partial charge is 0.491 e. The molecule has 0 atom stereocenters. The van der Waals surface area contributed by atoms with E-state index in [1.165, 1.54) is 17.4 Å². The molecule has 0 aliphatic heterocycles. The van der Waals surface area contributed by atoms with Gasteiger partial charge in [-0.2, -0.15) is 0 Å². The number of hydrogen-bond acceptors (Lipinski definition) is 9. The zero-order valence-electron chi connectivity index (χ0n) is 23.3. The Kier molecular flexibility index (Phi) is 9.24. The van der Waals surface area contributed by atoms with Crippen LogP contribution in [0, 0.1) is 11.6 Å². The third-order valence-electron chi connectivity index (χ3n) is 6.32. The number of nitrogens with zero attached hydrogens (tertiary/aromatic N) is 4. The van der Waals surface area contributed by atoms with Gasteiger partial charge in [-0.1, -0.05) is 47.2 Å². The molecule has 2 aromatic heterocycles.